The number of carbonyl (C=O) groups excluding carboxylic acids is 4. The van der Waals surface area contributed by atoms with Crippen LogP contribution < -0.4 is 21.3 Å². The van der Waals surface area contributed by atoms with Crippen molar-refractivity contribution in [2.45, 2.75) is 46.2 Å². The highest BCUT2D eigenvalue weighted by molar-refractivity contribution is 9.10. The minimum absolute atomic E-state index is 0.112. The van der Waals surface area contributed by atoms with Crippen molar-refractivity contribution in [3.8, 4) is 11.5 Å². The number of benzene rings is 2. The number of phenolic OH excluding ortho intramolecular Hbond substituents is 2. The van der Waals surface area contributed by atoms with Gasteiger partial charge in [-0.25, -0.2) is 9.59 Å². The Morgan fingerprint density at radius 2 is 1.10 bits per heavy atom. The van der Waals surface area contributed by atoms with E-state index in [2.05, 4.69) is 53.1 Å². The first-order valence-corrected chi connectivity index (χ1v) is 13.5. The first-order valence-electron chi connectivity index (χ1n) is 11.9. The van der Waals surface area contributed by atoms with Crippen LogP contribution >= 0.6 is 31.9 Å². The number of rotatable bonds is 6. The Balaban J connectivity index is 1.79. The smallest absolute Gasteiger partial charge is 0.319 e. The summed E-state index contributed by atoms with van der Waals surface area (Å²) < 4.78 is 1.15. The van der Waals surface area contributed by atoms with Gasteiger partial charge in [-0.3, -0.25) is 9.59 Å². The molecule has 0 aliphatic carbocycles. The molecule has 2 aromatic carbocycles. The molecule has 0 fully saturated rings. The van der Waals surface area contributed by atoms with Crippen LogP contribution in [-0.4, -0.2) is 33.8 Å². The molecular formula is C27H26Br2N4O6. The van der Waals surface area contributed by atoms with E-state index in [0.717, 1.165) is 0 Å². The van der Waals surface area contributed by atoms with Crippen LogP contribution in [0.15, 0.2) is 55.8 Å². The summed E-state index contributed by atoms with van der Waals surface area (Å²) in [6.45, 7) is 6.03. The second kappa shape index (κ2) is 10.9. The van der Waals surface area contributed by atoms with Crippen molar-refractivity contribution in [2.24, 2.45) is 0 Å². The fraction of sp³-hybridized carbons (Fsp3) is 0.259. The second-order valence-corrected chi connectivity index (χ2v) is 11.1. The molecule has 0 saturated heterocycles. The van der Waals surface area contributed by atoms with Crippen LogP contribution in [-0.2, 0) is 16.0 Å². The SMILES string of the molecule is CC(=O)C1=C(C)NC(=O)NC1c1cc(Cc2cc(C3NC(=O)NC(C)=C3C(C)=O)c(O)cc2Br)c(Br)cc1O. The van der Waals surface area contributed by atoms with Gasteiger partial charge >= 0.3 is 12.1 Å². The summed E-state index contributed by atoms with van der Waals surface area (Å²) >= 11 is 6.98. The van der Waals surface area contributed by atoms with Gasteiger partial charge in [-0.05, 0) is 69.5 Å². The zero-order valence-corrected chi connectivity index (χ0v) is 24.6. The fourth-order valence-electron chi connectivity index (χ4n) is 4.98. The van der Waals surface area contributed by atoms with E-state index >= 15 is 0 Å². The maximum atomic E-state index is 12.4. The Morgan fingerprint density at radius 3 is 1.44 bits per heavy atom. The van der Waals surface area contributed by atoms with E-state index in [1.807, 2.05) is 0 Å². The highest BCUT2D eigenvalue weighted by Crippen LogP contribution is 2.40. The van der Waals surface area contributed by atoms with E-state index in [1.54, 1.807) is 26.0 Å². The normalized spacial score (nSPS) is 19.2. The lowest BCUT2D eigenvalue weighted by Gasteiger charge is -2.29. The number of urea groups is 2. The number of hydrogen-bond donors (Lipinski definition) is 6. The molecule has 2 heterocycles. The quantitative estimate of drug-likeness (QED) is 0.265. The molecule has 0 aromatic heterocycles. The minimum atomic E-state index is -0.863. The van der Waals surface area contributed by atoms with Gasteiger partial charge in [0.05, 0.1) is 12.1 Å². The van der Waals surface area contributed by atoms with Gasteiger partial charge in [-0.15, -0.1) is 0 Å². The summed E-state index contributed by atoms with van der Waals surface area (Å²) in [6.07, 6.45) is 0.287. The highest BCUT2D eigenvalue weighted by Gasteiger charge is 2.33. The van der Waals surface area contributed by atoms with Crippen molar-refractivity contribution < 1.29 is 29.4 Å². The minimum Gasteiger partial charge on any atom is -0.508 e. The van der Waals surface area contributed by atoms with E-state index in [1.165, 1.54) is 26.0 Å². The fourth-order valence-corrected chi connectivity index (χ4v) is 5.92. The molecule has 4 rings (SSSR count). The molecule has 204 valence electrons. The molecule has 2 aromatic rings. The number of amides is 4. The van der Waals surface area contributed by atoms with E-state index in [9.17, 15) is 29.4 Å². The number of halogens is 2. The largest absolute Gasteiger partial charge is 0.508 e. The average molecular weight is 662 g/mol. The van der Waals surface area contributed by atoms with Crippen molar-refractivity contribution in [3.63, 3.8) is 0 Å². The van der Waals surface area contributed by atoms with Gasteiger partial charge in [-0.1, -0.05) is 31.9 Å². The number of Topliss-reactive ketones (excluding diaryl/α,β-unsaturated/α-hetero) is 2. The van der Waals surface area contributed by atoms with Crippen LogP contribution in [0.1, 0.15) is 62.0 Å². The van der Waals surface area contributed by atoms with Crippen molar-refractivity contribution in [1.82, 2.24) is 21.3 Å². The third-order valence-corrected chi connectivity index (χ3v) is 8.17. The van der Waals surface area contributed by atoms with Crippen LogP contribution in [0.4, 0.5) is 9.59 Å². The molecule has 12 heteroatoms. The number of allylic oxidation sites excluding steroid dienone is 2. The van der Waals surface area contributed by atoms with E-state index < -0.39 is 24.1 Å². The maximum Gasteiger partial charge on any atom is 0.319 e. The Kier molecular flexibility index (Phi) is 7.89. The number of hydrogen-bond acceptors (Lipinski definition) is 6. The molecule has 39 heavy (non-hydrogen) atoms. The Labute approximate surface area is 241 Å². The molecule has 2 aliphatic rings. The van der Waals surface area contributed by atoms with Crippen molar-refractivity contribution >= 4 is 55.5 Å². The number of carbonyl (C=O) groups is 4. The Morgan fingerprint density at radius 1 is 0.744 bits per heavy atom. The summed E-state index contributed by atoms with van der Waals surface area (Å²) in [5, 5.41) is 32.2. The molecule has 0 spiro atoms. The summed E-state index contributed by atoms with van der Waals surface area (Å²) in [6, 6.07) is 3.67. The Hall–Kier alpha value is -3.64. The van der Waals surface area contributed by atoms with Gasteiger partial charge in [0.1, 0.15) is 11.5 Å². The molecule has 2 atom stereocenters. The van der Waals surface area contributed by atoms with Gasteiger partial charge in [0.2, 0.25) is 0 Å². The van der Waals surface area contributed by atoms with Crippen LogP contribution in [0.5, 0.6) is 11.5 Å². The first-order chi connectivity index (χ1) is 18.3. The first kappa shape index (κ1) is 28.4. The number of nitrogens with one attached hydrogen (secondary N) is 4. The topological polar surface area (TPSA) is 157 Å². The van der Waals surface area contributed by atoms with Gasteiger partial charge < -0.3 is 31.5 Å². The molecule has 6 N–H and O–H groups in total. The highest BCUT2D eigenvalue weighted by atomic mass is 79.9. The summed E-state index contributed by atoms with van der Waals surface area (Å²) in [7, 11) is 0. The predicted molar refractivity (Wildman–Crippen MR) is 150 cm³/mol. The van der Waals surface area contributed by atoms with Gasteiger partial charge in [0.15, 0.2) is 11.6 Å². The lowest BCUT2D eigenvalue weighted by atomic mass is 9.89. The second-order valence-electron chi connectivity index (χ2n) is 9.43. The zero-order valence-electron chi connectivity index (χ0n) is 21.5. The van der Waals surface area contributed by atoms with E-state index in [4.69, 9.17) is 0 Å². The third-order valence-electron chi connectivity index (χ3n) is 6.69. The van der Waals surface area contributed by atoms with Crippen LogP contribution in [0.3, 0.4) is 0 Å². The molecule has 2 aliphatic heterocycles. The van der Waals surface area contributed by atoms with Crippen molar-refractivity contribution in [2.75, 3.05) is 0 Å². The van der Waals surface area contributed by atoms with Gasteiger partial charge in [-0.2, -0.15) is 0 Å². The molecule has 0 bridgehead atoms. The monoisotopic (exact) mass is 660 g/mol. The number of phenols is 2. The summed E-state index contributed by atoms with van der Waals surface area (Å²) in [5.74, 6) is -0.736. The average Bonchev–Trinajstić information content (AvgIpc) is 2.80. The van der Waals surface area contributed by atoms with Crippen LogP contribution in [0, 0.1) is 0 Å². The molecular weight excluding hydrogens is 636 g/mol. The van der Waals surface area contributed by atoms with Gasteiger partial charge in [0, 0.05) is 42.6 Å². The molecule has 4 amide bonds. The number of ketones is 2. The van der Waals surface area contributed by atoms with E-state index in [-0.39, 0.29) is 29.5 Å². The van der Waals surface area contributed by atoms with Crippen molar-refractivity contribution in [3.05, 3.63) is 78.0 Å². The van der Waals surface area contributed by atoms with Crippen LogP contribution in [0.2, 0.25) is 0 Å². The zero-order chi connectivity index (χ0) is 28.8. The summed E-state index contributed by atoms with van der Waals surface area (Å²) in [4.78, 5) is 49.2. The summed E-state index contributed by atoms with van der Waals surface area (Å²) in [5.41, 5.74) is 3.55. The lowest BCUT2D eigenvalue weighted by molar-refractivity contribution is -0.114. The van der Waals surface area contributed by atoms with Crippen LogP contribution in [0.25, 0.3) is 0 Å². The maximum absolute atomic E-state index is 12.4. The lowest BCUT2D eigenvalue weighted by Crippen LogP contribution is -2.44. The predicted octanol–water partition coefficient (Wildman–Crippen LogP) is 4.65. The molecule has 2 unspecified atom stereocenters. The molecule has 10 nitrogen and oxygen atoms in total. The molecule has 0 saturated carbocycles. The van der Waals surface area contributed by atoms with E-state index in [0.29, 0.717) is 53.7 Å². The number of aromatic hydroxyl groups is 2. The third kappa shape index (κ3) is 5.57. The standard InChI is InChI=1S/C27H26Br2N4O6/c1-10-22(12(3)34)24(32-26(38)30-10)16-6-14(18(28)8-20(16)36)5-15-7-17(21(37)9-19(15)29)25-23(13(4)35)11(2)31-27(39)33-25/h6-9,24-25,36-37H,5H2,1-4H3,(H2,30,32,38)(H2,31,33,39). The van der Waals surface area contributed by atoms with Gasteiger partial charge in [0.25, 0.3) is 0 Å². The Bertz CT molecular complexity index is 1400. The molecule has 0 radical (unpaired) electrons. The van der Waals surface area contributed by atoms with Crippen molar-refractivity contribution in [1.29, 1.82) is 0 Å².